The van der Waals surface area contributed by atoms with Crippen LogP contribution in [0.4, 0.5) is 8.78 Å². The minimum Gasteiger partial charge on any atom is -0.346 e. The SMILES string of the molecule is CCc1c(C(=O)NCC(F)(F)CN)cnn1-c1ccccn1. The van der Waals surface area contributed by atoms with Crippen LogP contribution in [0, 0.1) is 0 Å². The molecule has 0 atom stereocenters. The maximum atomic E-state index is 13.1. The second-order valence-electron chi connectivity index (χ2n) is 4.70. The summed E-state index contributed by atoms with van der Waals surface area (Å²) in [6.07, 6.45) is 3.47. The van der Waals surface area contributed by atoms with Gasteiger partial charge in [0.2, 0.25) is 0 Å². The summed E-state index contributed by atoms with van der Waals surface area (Å²) in [7, 11) is 0. The molecule has 3 N–H and O–H groups in total. The second-order valence-corrected chi connectivity index (χ2v) is 4.70. The topological polar surface area (TPSA) is 85.8 Å². The number of amides is 1. The van der Waals surface area contributed by atoms with Crippen molar-refractivity contribution in [1.82, 2.24) is 20.1 Å². The minimum absolute atomic E-state index is 0.251. The maximum Gasteiger partial charge on any atom is 0.277 e. The van der Waals surface area contributed by atoms with Crippen LogP contribution in [-0.2, 0) is 6.42 Å². The zero-order valence-corrected chi connectivity index (χ0v) is 12.1. The fourth-order valence-corrected chi connectivity index (χ4v) is 1.96. The van der Waals surface area contributed by atoms with E-state index in [-0.39, 0.29) is 5.56 Å². The minimum atomic E-state index is -3.13. The standard InChI is InChI=1S/C14H17F2N5O/c1-2-11-10(13(22)19-9-14(15,16)8-17)7-20-21(11)12-5-3-4-6-18-12/h3-7H,2,8-9,17H2,1H3,(H,19,22). The van der Waals surface area contributed by atoms with Crippen LogP contribution in [0.1, 0.15) is 23.0 Å². The molecule has 0 spiro atoms. The second kappa shape index (κ2) is 6.61. The Labute approximate surface area is 126 Å². The molecule has 0 radical (unpaired) electrons. The number of carbonyl (C=O) groups is 1. The van der Waals surface area contributed by atoms with E-state index in [2.05, 4.69) is 15.4 Å². The Morgan fingerprint density at radius 1 is 1.45 bits per heavy atom. The van der Waals surface area contributed by atoms with Gasteiger partial charge in [0.05, 0.1) is 30.5 Å². The van der Waals surface area contributed by atoms with Crippen LogP contribution in [0.2, 0.25) is 0 Å². The molecule has 0 aliphatic heterocycles. The lowest BCUT2D eigenvalue weighted by atomic mass is 10.2. The number of nitrogens with zero attached hydrogens (tertiary/aromatic N) is 3. The average molecular weight is 309 g/mol. The molecule has 2 rings (SSSR count). The number of nitrogens with one attached hydrogen (secondary N) is 1. The highest BCUT2D eigenvalue weighted by atomic mass is 19.3. The molecule has 22 heavy (non-hydrogen) atoms. The Morgan fingerprint density at radius 3 is 2.82 bits per heavy atom. The fraction of sp³-hybridized carbons (Fsp3) is 0.357. The van der Waals surface area contributed by atoms with E-state index >= 15 is 0 Å². The van der Waals surface area contributed by atoms with Crippen LogP contribution in [0.5, 0.6) is 0 Å². The summed E-state index contributed by atoms with van der Waals surface area (Å²) in [5, 5.41) is 6.31. The van der Waals surface area contributed by atoms with Gasteiger partial charge in [-0.1, -0.05) is 13.0 Å². The van der Waals surface area contributed by atoms with Gasteiger partial charge in [-0.3, -0.25) is 4.79 Å². The summed E-state index contributed by atoms with van der Waals surface area (Å²) in [5.41, 5.74) is 5.80. The van der Waals surface area contributed by atoms with E-state index in [0.717, 1.165) is 0 Å². The average Bonchev–Trinajstić information content (AvgIpc) is 2.97. The molecule has 0 aliphatic rings. The molecule has 2 aromatic heterocycles. The van der Waals surface area contributed by atoms with Gasteiger partial charge in [0.1, 0.15) is 0 Å². The Balaban J connectivity index is 2.22. The van der Waals surface area contributed by atoms with Gasteiger partial charge in [0.25, 0.3) is 11.8 Å². The van der Waals surface area contributed by atoms with Gasteiger partial charge in [0.15, 0.2) is 5.82 Å². The van der Waals surface area contributed by atoms with Crippen molar-refractivity contribution in [2.75, 3.05) is 13.1 Å². The molecule has 0 saturated carbocycles. The number of pyridine rings is 1. The first-order valence-electron chi connectivity index (χ1n) is 6.83. The van der Waals surface area contributed by atoms with Gasteiger partial charge in [-0.2, -0.15) is 5.10 Å². The van der Waals surface area contributed by atoms with Gasteiger partial charge in [0, 0.05) is 6.20 Å². The van der Waals surface area contributed by atoms with Gasteiger partial charge in [-0.25, -0.2) is 18.4 Å². The summed E-state index contributed by atoms with van der Waals surface area (Å²) in [6.45, 7) is 0.225. The molecule has 0 unspecified atom stereocenters. The number of nitrogens with two attached hydrogens (primary N) is 1. The first kappa shape index (κ1) is 16.0. The molecule has 2 heterocycles. The molecule has 1 amide bonds. The van der Waals surface area contributed by atoms with Crippen molar-refractivity contribution in [3.05, 3.63) is 41.9 Å². The lowest BCUT2D eigenvalue weighted by Crippen LogP contribution is -2.41. The van der Waals surface area contributed by atoms with Crippen molar-refractivity contribution in [1.29, 1.82) is 0 Å². The Hall–Kier alpha value is -2.35. The molecular weight excluding hydrogens is 292 g/mol. The number of hydrogen-bond acceptors (Lipinski definition) is 4. The molecule has 0 aliphatic carbocycles. The molecule has 8 heteroatoms. The highest BCUT2D eigenvalue weighted by molar-refractivity contribution is 5.95. The quantitative estimate of drug-likeness (QED) is 0.838. The molecule has 0 fully saturated rings. The Kier molecular flexibility index (Phi) is 4.81. The van der Waals surface area contributed by atoms with E-state index < -0.39 is 24.9 Å². The van der Waals surface area contributed by atoms with Crippen molar-refractivity contribution in [2.45, 2.75) is 19.3 Å². The van der Waals surface area contributed by atoms with Crippen LogP contribution in [-0.4, -0.2) is 39.7 Å². The fourth-order valence-electron chi connectivity index (χ4n) is 1.96. The van der Waals surface area contributed by atoms with E-state index in [1.807, 2.05) is 6.92 Å². The third-order valence-electron chi connectivity index (χ3n) is 3.12. The van der Waals surface area contributed by atoms with Crippen molar-refractivity contribution in [3.63, 3.8) is 0 Å². The zero-order chi connectivity index (χ0) is 16.2. The number of rotatable bonds is 6. The van der Waals surface area contributed by atoms with Crippen molar-refractivity contribution >= 4 is 5.91 Å². The normalized spacial score (nSPS) is 11.5. The Bertz CT molecular complexity index is 642. The highest BCUT2D eigenvalue weighted by Gasteiger charge is 2.28. The zero-order valence-electron chi connectivity index (χ0n) is 12.1. The lowest BCUT2D eigenvalue weighted by molar-refractivity contribution is 0.0118. The molecule has 118 valence electrons. The third-order valence-corrected chi connectivity index (χ3v) is 3.12. The number of aromatic nitrogens is 3. The molecule has 0 saturated heterocycles. The first-order chi connectivity index (χ1) is 10.5. The number of hydrogen-bond donors (Lipinski definition) is 2. The molecule has 0 bridgehead atoms. The van der Waals surface area contributed by atoms with Crippen LogP contribution in [0.3, 0.4) is 0 Å². The summed E-state index contributed by atoms with van der Waals surface area (Å²) in [5.74, 6) is -3.17. The van der Waals surface area contributed by atoms with Gasteiger partial charge in [-0.05, 0) is 18.6 Å². The largest absolute Gasteiger partial charge is 0.346 e. The molecule has 6 nitrogen and oxygen atoms in total. The Morgan fingerprint density at radius 2 is 2.23 bits per heavy atom. The van der Waals surface area contributed by atoms with E-state index in [1.165, 1.54) is 10.9 Å². The summed E-state index contributed by atoms with van der Waals surface area (Å²) < 4.78 is 27.7. The van der Waals surface area contributed by atoms with Gasteiger partial charge >= 0.3 is 0 Å². The monoisotopic (exact) mass is 309 g/mol. The number of halogens is 2. The number of alkyl halides is 2. The summed E-state index contributed by atoms with van der Waals surface area (Å²) in [6, 6.07) is 5.31. The highest BCUT2D eigenvalue weighted by Crippen LogP contribution is 2.15. The van der Waals surface area contributed by atoms with Crippen molar-refractivity contribution in [3.8, 4) is 5.82 Å². The maximum absolute atomic E-state index is 13.1. The predicted molar refractivity (Wildman–Crippen MR) is 77.1 cm³/mol. The van der Waals surface area contributed by atoms with Gasteiger partial charge in [-0.15, -0.1) is 0 Å². The van der Waals surface area contributed by atoms with E-state index in [9.17, 15) is 13.6 Å². The lowest BCUT2D eigenvalue weighted by Gasteiger charge is -2.14. The van der Waals surface area contributed by atoms with Crippen molar-refractivity contribution in [2.24, 2.45) is 5.73 Å². The van der Waals surface area contributed by atoms with Crippen molar-refractivity contribution < 1.29 is 13.6 Å². The van der Waals surface area contributed by atoms with Crippen LogP contribution in [0.25, 0.3) is 5.82 Å². The van der Waals surface area contributed by atoms with Crippen LogP contribution in [0.15, 0.2) is 30.6 Å². The third kappa shape index (κ3) is 3.45. The molecular formula is C14H17F2N5O. The van der Waals surface area contributed by atoms with Gasteiger partial charge < -0.3 is 11.1 Å². The van der Waals surface area contributed by atoms with Crippen LogP contribution < -0.4 is 11.1 Å². The van der Waals surface area contributed by atoms with E-state index in [1.54, 1.807) is 24.4 Å². The van der Waals surface area contributed by atoms with Crippen LogP contribution >= 0.6 is 0 Å². The first-order valence-corrected chi connectivity index (χ1v) is 6.83. The summed E-state index contributed by atoms with van der Waals surface area (Å²) >= 11 is 0. The van der Waals surface area contributed by atoms with E-state index in [0.29, 0.717) is 17.9 Å². The molecule has 2 aromatic rings. The number of carbonyl (C=O) groups excluding carboxylic acids is 1. The predicted octanol–water partition coefficient (Wildman–Crippen LogP) is 1.15. The molecule has 0 aromatic carbocycles. The summed E-state index contributed by atoms with van der Waals surface area (Å²) in [4.78, 5) is 16.2. The smallest absolute Gasteiger partial charge is 0.277 e. The van der Waals surface area contributed by atoms with E-state index in [4.69, 9.17) is 5.73 Å².